The van der Waals surface area contributed by atoms with Gasteiger partial charge >= 0.3 is 0 Å². The van der Waals surface area contributed by atoms with Crippen LogP contribution in [0, 0.1) is 5.92 Å². The normalized spacial score (nSPS) is 22.5. The van der Waals surface area contributed by atoms with E-state index in [4.69, 9.17) is 0 Å². The molecular formula is C12H25NS. The van der Waals surface area contributed by atoms with Gasteiger partial charge in [0.25, 0.3) is 0 Å². The Morgan fingerprint density at radius 3 is 2.43 bits per heavy atom. The Labute approximate surface area is 93.4 Å². The van der Waals surface area contributed by atoms with Gasteiger partial charge in [0.1, 0.15) is 0 Å². The molecule has 0 bridgehead atoms. The lowest BCUT2D eigenvalue weighted by atomic mass is 9.99. The Bertz CT molecular complexity index is 143. The minimum absolute atomic E-state index is 0.668. The van der Waals surface area contributed by atoms with E-state index in [2.05, 4.69) is 25.4 Å². The van der Waals surface area contributed by atoms with Gasteiger partial charge in [0, 0.05) is 17.8 Å². The van der Waals surface area contributed by atoms with Gasteiger partial charge in [0.15, 0.2) is 0 Å². The smallest absolute Gasteiger partial charge is 0.0132 e. The maximum atomic E-state index is 3.69. The van der Waals surface area contributed by atoms with Gasteiger partial charge in [-0.05, 0) is 32.4 Å². The minimum Gasteiger partial charge on any atom is -0.311 e. The average molecular weight is 215 g/mol. The average Bonchev–Trinajstić information content (AvgIpc) is 2.56. The molecule has 0 aromatic rings. The third-order valence-corrected chi connectivity index (χ3v) is 3.98. The van der Waals surface area contributed by atoms with E-state index in [0.717, 1.165) is 5.92 Å². The maximum Gasteiger partial charge on any atom is 0.0132 e. The molecule has 0 saturated heterocycles. The Kier molecular flexibility index (Phi) is 5.95. The van der Waals surface area contributed by atoms with Crippen LogP contribution >= 0.6 is 11.8 Å². The van der Waals surface area contributed by atoms with Gasteiger partial charge in [-0.1, -0.05) is 25.7 Å². The standard InChI is InChI=1S/C12H25NS/c1-10(13-11(2)9-14-3)8-12-6-4-5-7-12/h10-13H,4-9H2,1-3H3. The van der Waals surface area contributed by atoms with Gasteiger partial charge in [-0.3, -0.25) is 0 Å². The second kappa shape index (κ2) is 6.73. The van der Waals surface area contributed by atoms with Crippen molar-refractivity contribution >= 4 is 11.8 Å². The molecule has 0 aromatic heterocycles. The second-order valence-electron chi connectivity index (χ2n) is 4.81. The Morgan fingerprint density at radius 1 is 1.21 bits per heavy atom. The van der Waals surface area contributed by atoms with Crippen molar-refractivity contribution in [1.82, 2.24) is 5.32 Å². The lowest BCUT2D eigenvalue weighted by Crippen LogP contribution is -2.37. The van der Waals surface area contributed by atoms with Crippen molar-refractivity contribution in [3.63, 3.8) is 0 Å². The molecule has 0 heterocycles. The molecule has 1 rings (SSSR count). The summed E-state index contributed by atoms with van der Waals surface area (Å²) in [5, 5.41) is 3.69. The number of rotatable bonds is 6. The fraction of sp³-hybridized carbons (Fsp3) is 1.00. The summed E-state index contributed by atoms with van der Waals surface area (Å²) in [4.78, 5) is 0. The molecular weight excluding hydrogens is 190 g/mol. The zero-order valence-electron chi connectivity index (χ0n) is 9.88. The summed E-state index contributed by atoms with van der Waals surface area (Å²) in [6.07, 6.45) is 9.46. The molecule has 1 nitrogen and oxygen atoms in total. The van der Waals surface area contributed by atoms with Crippen LogP contribution in [0.3, 0.4) is 0 Å². The predicted octanol–water partition coefficient (Wildman–Crippen LogP) is 3.30. The zero-order valence-corrected chi connectivity index (χ0v) is 10.7. The zero-order chi connectivity index (χ0) is 10.4. The third-order valence-electron chi connectivity index (χ3n) is 3.15. The molecule has 2 atom stereocenters. The number of hydrogen-bond acceptors (Lipinski definition) is 2. The van der Waals surface area contributed by atoms with Crippen LogP contribution in [-0.2, 0) is 0 Å². The molecule has 0 amide bonds. The van der Waals surface area contributed by atoms with E-state index in [0.29, 0.717) is 12.1 Å². The first-order valence-electron chi connectivity index (χ1n) is 5.97. The molecule has 84 valence electrons. The molecule has 0 spiro atoms. The molecule has 1 fully saturated rings. The van der Waals surface area contributed by atoms with Crippen molar-refractivity contribution in [2.24, 2.45) is 5.92 Å². The van der Waals surface area contributed by atoms with Gasteiger partial charge < -0.3 is 5.32 Å². The Balaban J connectivity index is 2.10. The highest BCUT2D eigenvalue weighted by Gasteiger charge is 2.18. The van der Waals surface area contributed by atoms with E-state index in [-0.39, 0.29) is 0 Å². The van der Waals surface area contributed by atoms with Gasteiger partial charge in [-0.25, -0.2) is 0 Å². The van der Waals surface area contributed by atoms with Crippen LogP contribution in [0.4, 0.5) is 0 Å². The lowest BCUT2D eigenvalue weighted by molar-refractivity contribution is 0.386. The molecule has 2 heteroatoms. The van der Waals surface area contributed by atoms with E-state index in [1.807, 2.05) is 11.8 Å². The van der Waals surface area contributed by atoms with E-state index >= 15 is 0 Å². The van der Waals surface area contributed by atoms with Gasteiger partial charge in [0.2, 0.25) is 0 Å². The molecule has 1 saturated carbocycles. The van der Waals surface area contributed by atoms with Crippen molar-refractivity contribution in [2.45, 2.75) is 58.0 Å². The van der Waals surface area contributed by atoms with Gasteiger partial charge in [-0.15, -0.1) is 0 Å². The fourth-order valence-corrected chi connectivity index (χ4v) is 3.19. The summed E-state index contributed by atoms with van der Waals surface area (Å²) in [7, 11) is 0. The number of thioether (sulfide) groups is 1. The topological polar surface area (TPSA) is 12.0 Å². The van der Waals surface area contributed by atoms with Crippen LogP contribution in [0.25, 0.3) is 0 Å². The minimum atomic E-state index is 0.668. The summed E-state index contributed by atoms with van der Waals surface area (Å²) in [6.45, 7) is 4.64. The van der Waals surface area contributed by atoms with E-state index in [1.165, 1.54) is 37.9 Å². The summed E-state index contributed by atoms with van der Waals surface area (Å²) >= 11 is 1.93. The van der Waals surface area contributed by atoms with E-state index < -0.39 is 0 Å². The van der Waals surface area contributed by atoms with E-state index in [9.17, 15) is 0 Å². The summed E-state index contributed by atoms with van der Waals surface area (Å²) in [5.74, 6) is 2.24. The Hall–Kier alpha value is 0.310. The van der Waals surface area contributed by atoms with Crippen molar-refractivity contribution in [3.8, 4) is 0 Å². The molecule has 0 radical (unpaired) electrons. The highest BCUT2D eigenvalue weighted by Crippen LogP contribution is 2.28. The molecule has 0 aliphatic heterocycles. The SMILES string of the molecule is CSCC(C)NC(C)CC1CCCC1. The van der Waals surface area contributed by atoms with E-state index in [1.54, 1.807) is 0 Å². The first-order chi connectivity index (χ1) is 6.72. The monoisotopic (exact) mass is 215 g/mol. The van der Waals surface area contributed by atoms with Crippen molar-refractivity contribution in [1.29, 1.82) is 0 Å². The molecule has 1 aliphatic carbocycles. The first-order valence-corrected chi connectivity index (χ1v) is 7.36. The second-order valence-corrected chi connectivity index (χ2v) is 5.72. The summed E-state index contributed by atoms with van der Waals surface area (Å²) in [6, 6.07) is 1.38. The quantitative estimate of drug-likeness (QED) is 0.729. The van der Waals surface area contributed by atoms with Crippen LogP contribution in [0.1, 0.15) is 46.0 Å². The largest absolute Gasteiger partial charge is 0.311 e. The van der Waals surface area contributed by atoms with Crippen LogP contribution < -0.4 is 5.32 Å². The molecule has 2 unspecified atom stereocenters. The Morgan fingerprint density at radius 2 is 1.86 bits per heavy atom. The van der Waals surface area contributed by atoms with Crippen LogP contribution in [0.15, 0.2) is 0 Å². The predicted molar refractivity (Wildman–Crippen MR) is 67.0 cm³/mol. The van der Waals surface area contributed by atoms with Gasteiger partial charge in [0.05, 0.1) is 0 Å². The van der Waals surface area contributed by atoms with Crippen LogP contribution in [0.5, 0.6) is 0 Å². The number of hydrogen-bond donors (Lipinski definition) is 1. The maximum absolute atomic E-state index is 3.69. The summed E-state index contributed by atoms with van der Waals surface area (Å²) < 4.78 is 0. The fourth-order valence-electron chi connectivity index (χ4n) is 2.60. The summed E-state index contributed by atoms with van der Waals surface area (Å²) in [5.41, 5.74) is 0. The van der Waals surface area contributed by atoms with Crippen molar-refractivity contribution in [2.75, 3.05) is 12.0 Å². The lowest BCUT2D eigenvalue weighted by Gasteiger charge is -2.22. The molecule has 1 aliphatic rings. The molecule has 0 aromatic carbocycles. The van der Waals surface area contributed by atoms with Crippen LogP contribution in [-0.4, -0.2) is 24.1 Å². The van der Waals surface area contributed by atoms with Crippen molar-refractivity contribution in [3.05, 3.63) is 0 Å². The third kappa shape index (κ3) is 4.70. The van der Waals surface area contributed by atoms with Crippen molar-refractivity contribution < 1.29 is 0 Å². The molecule has 1 N–H and O–H groups in total. The number of nitrogens with one attached hydrogen (secondary N) is 1. The highest BCUT2D eigenvalue weighted by molar-refractivity contribution is 7.98. The molecule has 14 heavy (non-hydrogen) atoms. The highest BCUT2D eigenvalue weighted by atomic mass is 32.2. The first kappa shape index (κ1) is 12.4. The van der Waals surface area contributed by atoms with Gasteiger partial charge in [-0.2, -0.15) is 11.8 Å². The van der Waals surface area contributed by atoms with Crippen LogP contribution in [0.2, 0.25) is 0 Å².